The molecule has 0 atom stereocenters. The van der Waals surface area contributed by atoms with Gasteiger partial charge < -0.3 is 4.98 Å². The first-order valence-corrected chi connectivity index (χ1v) is 5.47. The van der Waals surface area contributed by atoms with Crippen LogP contribution in [0.3, 0.4) is 0 Å². The second-order valence-corrected chi connectivity index (χ2v) is 3.84. The van der Waals surface area contributed by atoms with Crippen molar-refractivity contribution < 1.29 is 0 Å². The number of aromatic nitrogens is 1. The van der Waals surface area contributed by atoms with Gasteiger partial charge >= 0.3 is 0 Å². The van der Waals surface area contributed by atoms with Gasteiger partial charge in [-0.15, -0.1) is 0 Å². The molecule has 74 valence electrons. The van der Waals surface area contributed by atoms with E-state index in [1.54, 1.807) is 0 Å². The average molecular weight is 187 g/mol. The lowest BCUT2D eigenvalue weighted by Crippen LogP contribution is -1.91. The van der Waals surface area contributed by atoms with Gasteiger partial charge in [-0.05, 0) is 30.5 Å². The minimum absolute atomic E-state index is 1.18. The molecule has 1 nitrogen and oxygen atoms in total. The number of hydrogen-bond acceptors (Lipinski definition) is 0. The predicted octanol–water partition coefficient (Wildman–Crippen LogP) is 3.85. The topological polar surface area (TPSA) is 15.8 Å². The molecule has 0 aromatic rings. The third kappa shape index (κ3) is 1.98. The van der Waals surface area contributed by atoms with Crippen LogP contribution in [0, 0.1) is 0 Å². The minimum atomic E-state index is 1.18. The Morgan fingerprint density at radius 2 is 2.00 bits per heavy atom. The molecule has 0 aromatic heterocycles. The van der Waals surface area contributed by atoms with Crippen LogP contribution in [0.2, 0.25) is 0 Å². The van der Waals surface area contributed by atoms with E-state index in [0.29, 0.717) is 0 Å². The van der Waals surface area contributed by atoms with Crippen molar-refractivity contribution in [2.24, 2.45) is 0 Å². The zero-order valence-electron chi connectivity index (χ0n) is 8.72. The van der Waals surface area contributed by atoms with E-state index in [2.05, 4.69) is 42.2 Å². The van der Waals surface area contributed by atoms with Crippen LogP contribution in [-0.4, -0.2) is 4.98 Å². The van der Waals surface area contributed by atoms with Crippen molar-refractivity contribution >= 4 is 0 Å². The number of nitrogens with one attached hydrogen (secondary N) is 1. The van der Waals surface area contributed by atoms with Crippen LogP contribution in [0.1, 0.15) is 31.9 Å². The van der Waals surface area contributed by atoms with Crippen LogP contribution in [0.15, 0.2) is 30.3 Å². The summed E-state index contributed by atoms with van der Waals surface area (Å²) in [5.41, 5.74) is 3.93. The van der Waals surface area contributed by atoms with Crippen LogP contribution in [0.25, 0.3) is 11.3 Å². The highest BCUT2D eigenvalue weighted by molar-refractivity contribution is 5.62. The third-order valence-electron chi connectivity index (χ3n) is 2.66. The fraction of sp³-hybridized carbons (Fsp3) is 0.385. The minimum Gasteiger partial charge on any atom is -0.358 e. The summed E-state index contributed by atoms with van der Waals surface area (Å²) in [6.07, 6.45) is 5.08. The fourth-order valence-corrected chi connectivity index (χ4v) is 1.81. The Labute approximate surface area is 85.5 Å². The molecule has 1 aliphatic heterocycles. The second-order valence-electron chi connectivity index (χ2n) is 3.84. The molecule has 14 heavy (non-hydrogen) atoms. The number of fused-ring (bicyclic) bond motifs is 1. The molecule has 0 aromatic carbocycles. The molecular formula is C13H17N. The Hall–Kier alpha value is -1.24. The highest BCUT2D eigenvalue weighted by Gasteiger charge is 2.01. The van der Waals surface area contributed by atoms with Crippen LogP contribution < -0.4 is 0 Å². The van der Waals surface area contributed by atoms with Gasteiger partial charge in [-0.25, -0.2) is 0 Å². The van der Waals surface area contributed by atoms with Crippen LogP contribution >= 0.6 is 0 Å². The largest absolute Gasteiger partial charge is 0.358 e. The summed E-state index contributed by atoms with van der Waals surface area (Å²) in [5.74, 6) is 0. The van der Waals surface area contributed by atoms with E-state index in [1.165, 1.54) is 42.6 Å². The molecule has 2 aliphatic rings. The highest BCUT2D eigenvalue weighted by Crippen LogP contribution is 2.21. The molecule has 0 radical (unpaired) electrons. The molecule has 0 saturated heterocycles. The van der Waals surface area contributed by atoms with Crippen molar-refractivity contribution in [2.45, 2.75) is 32.6 Å². The first-order valence-electron chi connectivity index (χ1n) is 5.47. The van der Waals surface area contributed by atoms with Crippen LogP contribution in [0.4, 0.5) is 0 Å². The molecule has 1 heterocycles. The monoisotopic (exact) mass is 187 g/mol. The Morgan fingerprint density at radius 1 is 1.07 bits per heavy atom. The second kappa shape index (κ2) is 4.32. The molecule has 1 heteroatoms. The van der Waals surface area contributed by atoms with Crippen molar-refractivity contribution in [1.82, 2.24) is 4.98 Å². The molecule has 1 N–H and O–H groups in total. The van der Waals surface area contributed by atoms with E-state index < -0.39 is 0 Å². The van der Waals surface area contributed by atoms with Crippen LogP contribution in [0.5, 0.6) is 0 Å². The third-order valence-corrected chi connectivity index (χ3v) is 2.66. The summed E-state index contributed by atoms with van der Waals surface area (Å²) < 4.78 is 0. The summed E-state index contributed by atoms with van der Waals surface area (Å²) in [5, 5.41) is 0. The van der Waals surface area contributed by atoms with Crippen molar-refractivity contribution in [3.05, 3.63) is 36.0 Å². The van der Waals surface area contributed by atoms with Gasteiger partial charge in [0.15, 0.2) is 0 Å². The summed E-state index contributed by atoms with van der Waals surface area (Å²) in [7, 11) is 0. The molecule has 0 spiro atoms. The number of aromatic amines is 1. The maximum Gasteiger partial charge on any atom is 0.0455 e. The number of aryl methyl sites for hydroxylation is 1. The molecule has 0 fully saturated rings. The first-order chi connectivity index (χ1) is 6.90. The SMILES string of the molecule is CCCCCc1ccc2cccc-2[nH]1. The van der Waals surface area contributed by atoms with Gasteiger partial charge in [0, 0.05) is 11.4 Å². The highest BCUT2D eigenvalue weighted by atomic mass is 14.7. The van der Waals surface area contributed by atoms with Crippen molar-refractivity contribution in [3.8, 4) is 11.3 Å². The van der Waals surface area contributed by atoms with Gasteiger partial charge in [0.05, 0.1) is 0 Å². The Morgan fingerprint density at radius 3 is 2.86 bits per heavy atom. The molecule has 0 amide bonds. The average Bonchev–Trinajstić information content (AvgIpc) is 2.65. The quantitative estimate of drug-likeness (QED) is 0.700. The van der Waals surface area contributed by atoms with Crippen LogP contribution in [-0.2, 0) is 6.42 Å². The predicted molar refractivity (Wildman–Crippen MR) is 60.6 cm³/mol. The smallest absolute Gasteiger partial charge is 0.0455 e. The van der Waals surface area contributed by atoms with Gasteiger partial charge in [0.1, 0.15) is 0 Å². The van der Waals surface area contributed by atoms with Gasteiger partial charge in [-0.2, -0.15) is 0 Å². The molecule has 0 saturated carbocycles. The van der Waals surface area contributed by atoms with E-state index >= 15 is 0 Å². The number of pyridine rings is 1. The van der Waals surface area contributed by atoms with Gasteiger partial charge in [0.25, 0.3) is 0 Å². The maximum absolute atomic E-state index is 3.47. The lowest BCUT2D eigenvalue weighted by molar-refractivity contribution is 0.708. The van der Waals surface area contributed by atoms with Crippen molar-refractivity contribution in [2.75, 3.05) is 0 Å². The van der Waals surface area contributed by atoms with E-state index in [9.17, 15) is 0 Å². The van der Waals surface area contributed by atoms with E-state index in [4.69, 9.17) is 0 Å². The molecular weight excluding hydrogens is 170 g/mol. The number of rotatable bonds is 4. The standard InChI is InChI=1S/C13H17N/c1-2-3-4-7-12-10-9-11-6-5-8-13(11)14-12/h5-6,8-10,14H,2-4,7H2,1H3. The number of hydrogen-bond donors (Lipinski definition) is 1. The zero-order chi connectivity index (χ0) is 9.80. The first kappa shape index (κ1) is 9.32. The Balaban J connectivity index is 2.07. The summed E-state index contributed by atoms with van der Waals surface area (Å²) in [6.45, 7) is 2.24. The van der Waals surface area contributed by atoms with E-state index in [1.807, 2.05) is 0 Å². The van der Waals surface area contributed by atoms with E-state index in [-0.39, 0.29) is 0 Å². The van der Waals surface area contributed by atoms with Crippen molar-refractivity contribution in [3.63, 3.8) is 0 Å². The molecule has 2 rings (SSSR count). The fourth-order valence-electron chi connectivity index (χ4n) is 1.81. The van der Waals surface area contributed by atoms with Gasteiger partial charge in [-0.1, -0.05) is 38.0 Å². The summed E-state index contributed by atoms with van der Waals surface area (Å²) in [6, 6.07) is 10.8. The molecule has 0 bridgehead atoms. The van der Waals surface area contributed by atoms with Crippen molar-refractivity contribution in [1.29, 1.82) is 0 Å². The summed E-state index contributed by atoms with van der Waals surface area (Å²) >= 11 is 0. The number of H-pyrrole nitrogens is 1. The Kier molecular flexibility index (Phi) is 2.87. The lowest BCUT2D eigenvalue weighted by atomic mass is 10.1. The molecule has 0 unspecified atom stereocenters. The number of unbranched alkanes of at least 4 members (excludes halogenated alkanes) is 2. The maximum atomic E-state index is 3.47. The normalized spacial score (nSPS) is 10.9. The zero-order valence-corrected chi connectivity index (χ0v) is 8.72. The van der Waals surface area contributed by atoms with Gasteiger partial charge in [-0.3, -0.25) is 0 Å². The van der Waals surface area contributed by atoms with Gasteiger partial charge in [0.2, 0.25) is 0 Å². The molecule has 1 aliphatic carbocycles. The summed E-state index contributed by atoms with van der Waals surface area (Å²) in [4.78, 5) is 3.47. The van der Waals surface area contributed by atoms with E-state index in [0.717, 1.165) is 0 Å². The Bertz CT molecular complexity index is 362. The lowest BCUT2D eigenvalue weighted by Gasteiger charge is -2.05.